The standard InChI is InChI=1S/C8H12O4.Al.3H/c1-4-8(5(2)9,6(3)10)7(11)12;;;;/h4H2,1-3H3,(H,11,12);;;;. The molecule has 0 bridgehead atoms. The summed E-state index contributed by atoms with van der Waals surface area (Å²) in [6.07, 6.45) is 0.00694. The molecule has 0 aliphatic rings. The van der Waals surface area contributed by atoms with Gasteiger partial charge < -0.3 is 5.11 Å². The number of hydrogen-bond acceptors (Lipinski definition) is 3. The molecular weight excluding hydrogens is 187 g/mol. The zero-order valence-electron chi connectivity index (χ0n) is 7.38. The highest BCUT2D eigenvalue weighted by Gasteiger charge is 2.46. The van der Waals surface area contributed by atoms with E-state index >= 15 is 0 Å². The van der Waals surface area contributed by atoms with Crippen molar-refractivity contribution in [3.05, 3.63) is 0 Å². The Morgan fingerprint density at radius 3 is 1.46 bits per heavy atom. The van der Waals surface area contributed by atoms with Crippen LogP contribution in [0.5, 0.6) is 0 Å². The summed E-state index contributed by atoms with van der Waals surface area (Å²) in [5, 5.41) is 8.72. The Kier molecular flexibility index (Phi) is 5.89. The van der Waals surface area contributed by atoms with E-state index in [9.17, 15) is 14.4 Å². The van der Waals surface area contributed by atoms with Gasteiger partial charge in [-0.25, -0.2) is 0 Å². The Morgan fingerprint density at radius 2 is 1.46 bits per heavy atom. The number of Topliss-reactive ketones (excluding diaryl/α,β-unsaturated/α-hetero) is 2. The molecule has 0 aromatic rings. The average molecular weight is 202 g/mol. The lowest BCUT2D eigenvalue weighted by Crippen LogP contribution is -2.43. The van der Waals surface area contributed by atoms with Gasteiger partial charge in [0.25, 0.3) is 0 Å². The van der Waals surface area contributed by atoms with E-state index in [1.54, 1.807) is 0 Å². The zero-order chi connectivity index (χ0) is 9.94. The molecule has 0 aromatic heterocycles. The summed E-state index contributed by atoms with van der Waals surface area (Å²) in [6.45, 7) is 3.76. The highest BCUT2D eigenvalue weighted by Crippen LogP contribution is 2.24. The summed E-state index contributed by atoms with van der Waals surface area (Å²) in [5.41, 5.74) is -1.82. The van der Waals surface area contributed by atoms with Crippen molar-refractivity contribution in [2.45, 2.75) is 27.2 Å². The predicted octanol–water partition coefficient (Wildman–Crippen LogP) is -0.538. The van der Waals surface area contributed by atoms with E-state index in [2.05, 4.69) is 0 Å². The normalized spacial score (nSPS) is 10.1. The van der Waals surface area contributed by atoms with Crippen molar-refractivity contribution < 1.29 is 19.5 Å². The van der Waals surface area contributed by atoms with Crippen molar-refractivity contribution >= 4 is 34.9 Å². The molecule has 0 aromatic carbocycles. The van der Waals surface area contributed by atoms with Gasteiger partial charge in [-0.15, -0.1) is 0 Å². The number of hydrogen-bond donors (Lipinski definition) is 1. The van der Waals surface area contributed by atoms with Gasteiger partial charge in [-0.05, 0) is 20.3 Å². The van der Waals surface area contributed by atoms with Crippen molar-refractivity contribution in [1.29, 1.82) is 0 Å². The van der Waals surface area contributed by atoms with Gasteiger partial charge in [0.1, 0.15) is 0 Å². The van der Waals surface area contributed by atoms with Crippen LogP contribution in [0.15, 0.2) is 0 Å². The van der Waals surface area contributed by atoms with Crippen molar-refractivity contribution in [3.8, 4) is 0 Å². The summed E-state index contributed by atoms with van der Waals surface area (Å²) >= 11 is 0. The Morgan fingerprint density at radius 1 is 1.15 bits per heavy atom. The summed E-state index contributed by atoms with van der Waals surface area (Å²) in [4.78, 5) is 32.7. The molecule has 0 heterocycles. The number of carboxylic acid groups (broad SMARTS) is 1. The SMILES string of the molecule is CCC(C(C)=O)(C(C)=O)C(=O)O.[AlH3]. The largest absolute Gasteiger partial charge is 0.480 e. The van der Waals surface area contributed by atoms with Crippen LogP contribution in [-0.2, 0) is 14.4 Å². The lowest BCUT2D eigenvalue weighted by atomic mass is 9.78. The molecule has 0 rings (SSSR count). The van der Waals surface area contributed by atoms with Crippen molar-refractivity contribution in [2.75, 3.05) is 0 Å². The molecule has 0 unspecified atom stereocenters. The molecule has 0 aliphatic carbocycles. The van der Waals surface area contributed by atoms with Gasteiger partial charge in [0.2, 0.25) is 0 Å². The third-order valence-corrected chi connectivity index (χ3v) is 2.10. The third kappa shape index (κ3) is 2.39. The Balaban J connectivity index is 0. The van der Waals surface area contributed by atoms with Crippen LogP contribution < -0.4 is 0 Å². The summed E-state index contributed by atoms with van der Waals surface area (Å²) in [6, 6.07) is 0. The second kappa shape index (κ2) is 5.15. The van der Waals surface area contributed by atoms with Gasteiger partial charge in [-0.3, -0.25) is 14.4 Å². The van der Waals surface area contributed by atoms with E-state index in [0.717, 1.165) is 13.8 Å². The average Bonchev–Trinajstić information content (AvgIpc) is 1.86. The summed E-state index contributed by atoms with van der Waals surface area (Å²) in [7, 11) is 0. The molecule has 0 atom stereocenters. The second-order valence-electron chi connectivity index (χ2n) is 2.68. The minimum Gasteiger partial charge on any atom is -0.480 e. The molecule has 1 N–H and O–H groups in total. The Hall–Kier alpha value is -0.658. The molecule has 74 valence electrons. The molecule has 0 radical (unpaired) electrons. The molecule has 0 saturated heterocycles. The maximum absolute atomic E-state index is 11.0. The van der Waals surface area contributed by atoms with E-state index in [4.69, 9.17) is 5.11 Å². The number of carbonyl (C=O) groups excluding carboxylic acids is 2. The van der Waals surface area contributed by atoms with Crippen LogP contribution in [0.2, 0.25) is 0 Å². The quantitative estimate of drug-likeness (QED) is 0.491. The summed E-state index contributed by atoms with van der Waals surface area (Å²) < 4.78 is 0. The second-order valence-corrected chi connectivity index (χ2v) is 2.68. The fourth-order valence-electron chi connectivity index (χ4n) is 1.20. The number of carboxylic acids is 1. The first-order valence-electron chi connectivity index (χ1n) is 3.65. The van der Waals surface area contributed by atoms with E-state index < -0.39 is 23.0 Å². The van der Waals surface area contributed by atoms with Crippen LogP contribution in [0.3, 0.4) is 0 Å². The third-order valence-electron chi connectivity index (χ3n) is 2.10. The van der Waals surface area contributed by atoms with E-state index in [-0.39, 0.29) is 23.8 Å². The van der Waals surface area contributed by atoms with Gasteiger partial charge in [-0.1, -0.05) is 6.92 Å². The molecule has 0 fully saturated rings. The number of ketones is 2. The first-order valence-corrected chi connectivity index (χ1v) is 3.65. The van der Waals surface area contributed by atoms with Crippen LogP contribution in [0.1, 0.15) is 27.2 Å². The van der Waals surface area contributed by atoms with Gasteiger partial charge in [0, 0.05) is 0 Å². The van der Waals surface area contributed by atoms with Crippen molar-refractivity contribution in [2.24, 2.45) is 5.41 Å². The first-order chi connectivity index (χ1) is 5.39. The van der Waals surface area contributed by atoms with Gasteiger partial charge in [-0.2, -0.15) is 0 Å². The molecule has 0 saturated carbocycles. The topological polar surface area (TPSA) is 71.4 Å². The number of carbonyl (C=O) groups is 3. The van der Waals surface area contributed by atoms with Gasteiger partial charge in [0.15, 0.2) is 34.3 Å². The van der Waals surface area contributed by atoms with Crippen LogP contribution in [0.25, 0.3) is 0 Å². The number of rotatable bonds is 4. The zero-order valence-corrected chi connectivity index (χ0v) is 7.38. The lowest BCUT2D eigenvalue weighted by molar-refractivity contribution is -0.158. The van der Waals surface area contributed by atoms with E-state index in [0.29, 0.717) is 0 Å². The number of aliphatic carboxylic acids is 1. The van der Waals surface area contributed by atoms with Crippen LogP contribution in [-0.4, -0.2) is 40.0 Å². The van der Waals surface area contributed by atoms with Gasteiger partial charge in [0.05, 0.1) is 0 Å². The molecule has 0 aliphatic heterocycles. The lowest BCUT2D eigenvalue weighted by Gasteiger charge is -2.20. The smallest absolute Gasteiger partial charge is 0.324 e. The monoisotopic (exact) mass is 202 g/mol. The fourth-order valence-corrected chi connectivity index (χ4v) is 1.20. The highest BCUT2D eigenvalue weighted by atomic mass is 27.0. The summed E-state index contributed by atoms with van der Waals surface area (Å²) in [5.74, 6) is -2.57. The molecular formula is C8H15AlO4. The Labute approximate surface area is 87.4 Å². The first kappa shape index (κ1) is 14.8. The van der Waals surface area contributed by atoms with E-state index in [1.807, 2.05) is 0 Å². The predicted molar refractivity (Wildman–Crippen MR) is 51.7 cm³/mol. The Bertz CT molecular complexity index is 198. The highest BCUT2D eigenvalue weighted by molar-refractivity contribution is 6.20. The maximum Gasteiger partial charge on any atom is 0.324 e. The maximum atomic E-state index is 11.0. The van der Waals surface area contributed by atoms with Crippen molar-refractivity contribution in [3.63, 3.8) is 0 Å². The minimum absolute atomic E-state index is 0. The molecule has 5 heteroatoms. The molecule has 0 amide bonds. The minimum atomic E-state index is -1.82. The fraction of sp³-hybridized carbons (Fsp3) is 0.625. The van der Waals surface area contributed by atoms with Crippen molar-refractivity contribution in [1.82, 2.24) is 0 Å². The molecule has 4 nitrogen and oxygen atoms in total. The van der Waals surface area contributed by atoms with Crippen LogP contribution in [0.4, 0.5) is 0 Å². The van der Waals surface area contributed by atoms with E-state index in [1.165, 1.54) is 6.92 Å². The molecule has 0 spiro atoms. The van der Waals surface area contributed by atoms with Gasteiger partial charge >= 0.3 is 5.97 Å². The molecule has 13 heavy (non-hydrogen) atoms. The van der Waals surface area contributed by atoms with Crippen LogP contribution in [0, 0.1) is 5.41 Å². The van der Waals surface area contributed by atoms with Crippen LogP contribution >= 0.6 is 0 Å².